The first-order valence-corrected chi connectivity index (χ1v) is 11.8. The van der Waals surface area contributed by atoms with Gasteiger partial charge in [-0.25, -0.2) is 9.79 Å². The molecular formula is C28H28F3N3O2. The van der Waals surface area contributed by atoms with Gasteiger partial charge in [0.15, 0.2) is 0 Å². The molecule has 0 saturated carbocycles. The Kier molecular flexibility index (Phi) is 8.05. The number of nitrogens with zero attached hydrogens (tertiary/aromatic N) is 3. The van der Waals surface area contributed by atoms with E-state index in [1.165, 1.54) is 24.8 Å². The molecule has 5 nitrogen and oxygen atoms in total. The molecule has 0 bridgehead atoms. The van der Waals surface area contributed by atoms with Crippen molar-refractivity contribution in [2.24, 2.45) is 4.99 Å². The molecule has 36 heavy (non-hydrogen) atoms. The van der Waals surface area contributed by atoms with Crippen LogP contribution in [0.5, 0.6) is 0 Å². The number of para-hydroxylation sites is 1. The van der Waals surface area contributed by atoms with Crippen molar-refractivity contribution in [1.29, 1.82) is 0 Å². The van der Waals surface area contributed by atoms with E-state index in [9.17, 15) is 18.0 Å². The van der Waals surface area contributed by atoms with Gasteiger partial charge in [0.05, 0.1) is 23.9 Å². The summed E-state index contributed by atoms with van der Waals surface area (Å²) < 4.78 is 45.7. The third-order valence-electron chi connectivity index (χ3n) is 6.23. The van der Waals surface area contributed by atoms with E-state index < -0.39 is 17.7 Å². The first kappa shape index (κ1) is 25.4. The lowest BCUT2D eigenvalue weighted by Gasteiger charge is -2.36. The first-order valence-electron chi connectivity index (χ1n) is 11.8. The lowest BCUT2D eigenvalue weighted by atomic mass is 10.1. The number of carbonyl (C=O) groups is 1. The Morgan fingerprint density at radius 1 is 0.861 bits per heavy atom. The third kappa shape index (κ3) is 6.31. The Hall–Kier alpha value is -3.65. The minimum Gasteiger partial charge on any atom is -0.465 e. The van der Waals surface area contributed by atoms with Gasteiger partial charge in [0.1, 0.15) is 5.84 Å². The zero-order valence-corrected chi connectivity index (χ0v) is 20.0. The van der Waals surface area contributed by atoms with Crippen LogP contribution in [0.2, 0.25) is 0 Å². The highest BCUT2D eigenvalue weighted by atomic mass is 19.4. The number of ether oxygens (including phenoxy) is 1. The van der Waals surface area contributed by atoms with Crippen molar-refractivity contribution in [3.05, 3.63) is 101 Å². The van der Waals surface area contributed by atoms with Crippen molar-refractivity contribution < 1.29 is 22.7 Å². The summed E-state index contributed by atoms with van der Waals surface area (Å²) in [6.45, 7) is 3.70. The molecule has 3 aromatic carbocycles. The van der Waals surface area contributed by atoms with Gasteiger partial charge in [0.2, 0.25) is 0 Å². The number of esters is 1. The van der Waals surface area contributed by atoms with E-state index in [1.807, 2.05) is 23.1 Å². The summed E-state index contributed by atoms with van der Waals surface area (Å²) in [5, 5.41) is 0. The Labute approximate surface area is 208 Å². The molecule has 1 aliphatic heterocycles. The van der Waals surface area contributed by atoms with E-state index in [2.05, 4.69) is 22.0 Å². The number of halogens is 3. The van der Waals surface area contributed by atoms with Crippen molar-refractivity contribution in [2.75, 3.05) is 39.8 Å². The Morgan fingerprint density at radius 3 is 2.11 bits per heavy atom. The van der Waals surface area contributed by atoms with Crippen LogP contribution < -0.4 is 0 Å². The number of rotatable bonds is 6. The van der Waals surface area contributed by atoms with Crippen molar-refractivity contribution in [3.63, 3.8) is 0 Å². The number of benzene rings is 3. The molecule has 1 saturated heterocycles. The van der Waals surface area contributed by atoms with Crippen LogP contribution in [0.15, 0.2) is 83.9 Å². The molecule has 0 aliphatic carbocycles. The summed E-state index contributed by atoms with van der Waals surface area (Å²) in [6.07, 6.45) is -3.58. The standard InChI is InChI=1S/C28H28F3N3O2/c1-36-27(35)23-13-11-22(12-14-23)26(32-25-10-6-5-9-24(25)28(29,30)31)34-19-17-33(18-20-34)16-15-21-7-3-2-4-8-21/h2-14H,15-20H2,1H3. The SMILES string of the molecule is COC(=O)c1ccc(C(=Nc2ccccc2C(F)(F)F)N2CCN(CCc3ccccc3)CC2)cc1. The maximum Gasteiger partial charge on any atom is 0.418 e. The molecule has 1 fully saturated rings. The van der Waals surface area contributed by atoms with E-state index in [1.54, 1.807) is 30.3 Å². The van der Waals surface area contributed by atoms with Crippen LogP contribution in [0.1, 0.15) is 27.0 Å². The molecule has 0 spiro atoms. The van der Waals surface area contributed by atoms with E-state index in [4.69, 9.17) is 4.74 Å². The van der Waals surface area contributed by atoms with Gasteiger partial charge < -0.3 is 9.64 Å². The van der Waals surface area contributed by atoms with Gasteiger partial charge in [-0.2, -0.15) is 13.2 Å². The molecule has 0 unspecified atom stereocenters. The van der Waals surface area contributed by atoms with Crippen molar-refractivity contribution in [2.45, 2.75) is 12.6 Å². The van der Waals surface area contributed by atoms with Gasteiger partial charge in [-0.15, -0.1) is 0 Å². The fourth-order valence-corrected chi connectivity index (χ4v) is 4.23. The van der Waals surface area contributed by atoms with Gasteiger partial charge in [-0.1, -0.05) is 54.6 Å². The fourth-order valence-electron chi connectivity index (χ4n) is 4.23. The predicted molar refractivity (Wildman–Crippen MR) is 134 cm³/mol. The number of amidine groups is 1. The van der Waals surface area contributed by atoms with Crippen LogP contribution in [0.3, 0.4) is 0 Å². The number of aliphatic imine (C=N–C) groups is 1. The molecule has 1 heterocycles. The average molecular weight is 496 g/mol. The largest absolute Gasteiger partial charge is 0.465 e. The Balaban J connectivity index is 1.58. The summed E-state index contributed by atoms with van der Waals surface area (Å²) in [5.41, 5.74) is 1.36. The Bertz CT molecular complexity index is 1190. The van der Waals surface area contributed by atoms with E-state index >= 15 is 0 Å². The van der Waals surface area contributed by atoms with Crippen LogP contribution >= 0.6 is 0 Å². The summed E-state index contributed by atoms with van der Waals surface area (Å²) >= 11 is 0. The molecule has 188 valence electrons. The summed E-state index contributed by atoms with van der Waals surface area (Å²) in [5.74, 6) is -0.0275. The highest BCUT2D eigenvalue weighted by molar-refractivity contribution is 6.01. The van der Waals surface area contributed by atoms with Gasteiger partial charge in [-0.05, 0) is 36.2 Å². The van der Waals surface area contributed by atoms with E-state index in [0.717, 1.165) is 32.1 Å². The van der Waals surface area contributed by atoms with Crippen molar-refractivity contribution in [3.8, 4) is 0 Å². The first-order chi connectivity index (χ1) is 17.3. The molecule has 3 aromatic rings. The maximum absolute atomic E-state index is 13.7. The van der Waals surface area contributed by atoms with Crippen LogP contribution in [-0.4, -0.2) is 61.4 Å². The minimum atomic E-state index is -4.52. The van der Waals surface area contributed by atoms with Gasteiger partial charge in [-0.3, -0.25) is 4.90 Å². The van der Waals surface area contributed by atoms with Crippen LogP contribution in [0.4, 0.5) is 18.9 Å². The normalized spacial score (nSPS) is 15.1. The molecule has 0 N–H and O–H groups in total. The minimum absolute atomic E-state index is 0.136. The lowest BCUT2D eigenvalue weighted by molar-refractivity contribution is -0.137. The summed E-state index contributed by atoms with van der Waals surface area (Å²) in [7, 11) is 1.30. The van der Waals surface area contributed by atoms with Gasteiger partial charge in [0, 0.05) is 38.3 Å². The van der Waals surface area contributed by atoms with Crippen molar-refractivity contribution >= 4 is 17.5 Å². The quantitative estimate of drug-likeness (QED) is 0.260. The second-order valence-corrected chi connectivity index (χ2v) is 8.58. The maximum atomic E-state index is 13.7. The molecule has 8 heteroatoms. The number of alkyl halides is 3. The molecular weight excluding hydrogens is 467 g/mol. The third-order valence-corrected chi connectivity index (χ3v) is 6.23. The zero-order chi connectivity index (χ0) is 25.5. The summed E-state index contributed by atoms with van der Waals surface area (Å²) in [4.78, 5) is 20.7. The van der Waals surface area contributed by atoms with Crippen molar-refractivity contribution in [1.82, 2.24) is 9.80 Å². The average Bonchev–Trinajstić information content (AvgIpc) is 2.91. The number of piperazine rings is 1. The number of carbonyl (C=O) groups excluding carboxylic acids is 1. The molecule has 1 aliphatic rings. The highest BCUT2D eigenvalue weighted by Gasteiger charge is 2.33. The predicted octanol–water partition coefficient (Wildman–Crippen LogP) is 5.43. The van der Waals surface area contributed by atoms with Gasteiger partial charge in [0.25, 0.3) is 0 Å². The van der Waals surface area contributed by atoms with Gasteiger partial charge >= 0.3 is 12.1 Å². The second-order valence-electron chi connectivity index (χ2n) is 8.58. The number of hydrogen-bond donors (Lipinski definition) is 0. The van der Waals surface area contributed by atoms with Crippen LogP contribution in [0.25, 0.3) is 0 Å². The molecule has 0 radical (unpaired) electrons. The van der Waals surface area contributed by atoms with Crippen LogP contribution in [0, 0.1) is 0 Å². The molecule has 0 atom stereocenters. The molecule has 0 amide bonds. The highest BCUT2D eigenvalue weighted by Crippen LogP contribution is 2.36. The van der Waals surface area contributed by atoms with E-state index in [0.29, 0.717) is 30.1 Å². The smallest absolute Gasteiger partial charge is 0.418 e. The summed E-state index contributed by atoms with van der Waals surface area (Å²) in [6, 6.07) is 22.2. The van der Waals surface area contributed by atoms with E-state index in [-0.39, 0.29) is 5.69 Å². The second kappa shape index (κ2) is 11.4. The lowest BCUT2D eigenvalue weighted by Crippen LogP contribution is -2.49. The van der Waals surface area contributed by atoms with Crippen LogP contribution in [-0.2, 0) is 17.3 Å². The number of methoxy groups -OCH3 is 1. The monoisotopic (exact) mass is 495 g/mol. The topological polar surface area (TPSA) is 45.1 Å². The Morgan fingerprint density at radius 2 is 1.47 bits per heavy atom. The zero-order valence-electron chi connectivity index (χ0n) is 20.0. The number of hydrogen-bond acceptors (Lipinski definition) is 4. The molecule has 0 aromatic heterocycles. The fraction of sp³-hybridized carbons (Fsp3) is 0.286. The molecule has 4 rings (SSSR count).